The maximum atomic E-state index is 11.4. The van der Waals surface area contributed by atoms with Crippen LogP contribution in [0.25, 0.3) is 0 Å². The van der Waals surface area contributed by atoms with E-state index in [1.165, 1.54) is 31.8 Å². The number of carbonyl (C=O) groups excluding carboxylic acids is 3. The second-order valence-electron chi connectivity index (χ2n) is 5.18. The van der Waals surface area contributed by atoms with E-state index in [0.717, 1.165) is 0 Å². The van der Waals surface area contributed by atoms with Crippen LogP contribution in [0.5, 0.6) is 0 Å². The molecule has 1 saturated heterocycles. The third-order valence-electron chi connectivity index (χ3n) is 3.21. The number of hydrogen-bond donors (Lipinski definition) is 0. The number of aromatic nitrogens is 3. The van der Waals surface area contributed by atoms with Crippen LogP contribution in [0.4, 0.5) is 0 Å². The maximum Gasteiger partial charge on any atom is 0.303 e. The van der Waals surface area contributed by atoms with Crippen molar-refractivity contribution in [2.24, 2.45) is 0 Å². The first-order valence-corrected chi connectivity index (χ1v) is 7.26. The van der Waals surface area contributed by atoms with Crippen LogP contribution < -0.4 is 0 Å². The fraction of sp³-hybridized carbons (Fsp3) is 0.571. The zero-order chi connectivity index (χ0) is 18.6. The molecule has 0 bridgehead atoms. The van der Waals surface area contributed by atoms with E-state index in [-0.39, 0.29) is 12.4 Å². The second-order valence-corrected chi connectivity index (χ2v) is 5.18. The van der Waals surface area contributed by atoms with Gasteiger partial charge in [0, 0.05) is 20.8 Å². The first-order valence-electron chi connectivity index (χ1n) is 7.26. The molecule has 0 amide bonds. The predicted octanol–water partition coefficient (Wildman–Crippen LogP) is -0.526. The van der Waals surface area contributed by atoms with Crippen molar-refractivity contribution >= 4 is 17.9 Å². The van der Waals surface area contributed by atoms with Crippen molar-refractivity contribution in [2.75, 3.05) is 6.61 Å². The Bertz CT molecular complexity index is 710. The largest absolute Gasteiger partial charge is 0.463 e. The van der Waals surface area contributed by atoms with E-state index in [4.69, 9.17) is 24.2 Å². The third kappa shape index (κ3) is 4.51. The minimum atomic E-state index is -1.06. The Balaban J connectivity index is 2.32. The summed E-state index contributed by atoms with van der Waals surface area (Å²) in [6.07, 6.45) is -2.77. The van der Waals surface area contributed by atoms with Crippen LogP contribution in [-0.2, 0) is 33.3 Å². The van der Waals surface area contributed by atoms with Crippen LogP contribution in [0.2, 0.25) is 0 Å². The van der Waals surface area contributed by atoms with Gasteiger partial charge >= 0.3 is 17.9 Å². The molecule has 134 valence electrons. The lowest BCUT2D eigenvalue weighted by molar-refractivity contribution is -0.166. The molecule has 11 nitrogen and oxygen atoms in total. The molecule has 0 aromatic carbocycles. The lowest BCUT2D eigenvalue weighted by Gasteiger charge is -2.23. The topological polar surface area (TPSA) is 143 Å². The zero-order valence-electron chi connectivity index (χ0n) is 13.7. The second kappa shape index (κ2) is 7.71. The Morgan fingerprint density at radius 2 is 1.84 bits per heavy atom. The fourth-order valence-corrected chi connectivity index (χ4v) is 2.35. The molecular formula is C14H16N4O7. The average Bonchev–Trinajstić information content (AvgIpc) is 3.10. The molecule has 1 unspecified atom stereocenters. The monoisotopic (exact) mass is 352 g/mol. The first kappa shape index (κ1) is 18.3. The highest BCUT2D eigenvalue weighted by Crippen LogP contribution is 2.33. The average molecular weight is 352 g/mol. The summed E-state index contributed by atoms with van der Waals surface area (Å²) in [7, 11) is 0. The van der Waals surface area contributed by atoms with Gasteiger partial charge in [0.25, 0.3) is 5.82 Å². The van der Waals surface area contributed by atoms with E-state index in [9.17, 15) is 14.4 Å². The smallest absolute Gasteiger partial charge is 0.303 e. The summed E-state index contributed by atoms with van der Waals surface area (Å²) >= 11 is 0. The number of nitriles is 1. The molecule has 0 radical (unpaired) electrons. The molecule has 2 heterocycles. The minimum absolute atomic E-state index is 0.113. The molecule has 1 aromatic rings. The molecular weight excluding hydrogens is 336 g/mol. The lowest BCUT2D eigenvalue weighted by atomic mass is 10.1. The molecule has 1 fully saturated rings. The number of ether oxygens (including phenoxy) is 4. The number of hydrogen-bond acceptors (Lipinski definition) is 10. The predicted molar refractivity (Wildman–Crippen MR) is 76.4 cm³/mol. The van der Waals surface area contributed by atoms with Gasteiger partial charge in [-0.2, -0.15) is 5.26 Å². The van der Waals surface area contributed by atoms with E-state index in [1.54, 1.807) is 6.07 Å². The molecule has 0 saturated carbocycles. The first-order chi connectivity index (χ1) is 11.8. The fourth-order valence-electron chi connectivity index (χ4n) is 2.35. The van der Waals surface area contributed by atoms with Gasteiger partial charge in [-0.05, 0) is 0 Å². The Morgan fingerprint density at radius 1 is 1.20 bits per heavy atom. The maximum absolute atomic E-state index is 11.4. The molecule has 2 rings (SSSR count). The molecule has 11 heteroatoms. The highest BCUT2D eigenvalue weighted by Gasteiger charge is 2.51. The number of carbonyl (C=O) groups is 3. The number of nitrogens with zero attached hydrogens (tertiary/aromatic N) is 4. The van der Waals surface area contributed by atoms with Crippen LogP contribution in [-0.4, -0.2) is 57.6 Å². The number of esters is 3. The van der Waals surface area contributed by atoms with Crippen molar-refractivity contribution in [3.8, 4) is 6.07 Å². The van der Waals surface area contributed by atoms with Gasteiger partial charge in [0.15, 0.2) is 18.4 Å². The molecule has 1 aliphatic rings. The molecule has 0 N–H and O–H groups in total. The summed E-state index contributed by atoms with van der Waals surface area (Å²) in [6, 6.07) is 1.76. The normalized spacial score (nSPS) is 25.0. The summed E-state index contributed by atoms with van der Waals surface area (Å²) in [5.41, 5.74) is 0. The van der Waals surface area contributed by atoms with Gasteiger partial charge in [-0.3, -0.25) is 14.4 Å². The summed E-state index contributed by atoms with van der Waals surface area (Å²) in [5, 5.41) is 12.7. The summed E-state index contributed by atoms with van der Waals surface area (Å²) in [5.74, 6) is -1.93. The van der Waals surface area contributed by atoms with Gasteiger partial charge in [0.1, 0.15) is 25.1 Å². The van der Waals surface area contributed by atoms with Crippen molar-refractivity contribution in [3.63, 3.8) is 0 Å². The van der Waals surface area contributed by atoms with Crippen molar-refractivity contribution in [2.45, 2.75) is 45.3 Å². The SMILES string of the molecule is CC(=O)OC[C@H]1OC(n2cnc(C#N)n2)[C@H](OC(C)=O)[C@@H]1OC(C)=O. The Kier molecular flexibility index (Phi) is 5.66. The summed E-state index contributed by atoms with van der Waals surface area (Å²) in [6.45, 7) is 3.36. The molecule has 0 spiro atoms. The lowest BCUT2D eigenvalue weighted by Crippen LogP contribution is -2.40. The van der Waals surface area contributed by atoms with Crippen molar-refractivity contribution in [1.29, 1.82) is 5.26 Å². The number of rotatable bonds is 5. The molecule has 1 aliphatic heterocycles. The van der Waals surface area contributed by atoms with Gasteiger partial charge in [-0.15, -0.1) is 5.10 Å². The van der Waals surface area contributed by atoms with Gasteiger partial charge in [-0.25, -0.2) is 9.67 Å². The van der Waals surface area contributed by atoms with Crippen LogP contribution in [0, 0.1) is 11.3 Å². The minimum Gasteiger partial charge on any atom is -0.463 e. The van der Waals surface area contributed by atoms with Gasteiger partial charge in [0.2, 0.25) is 0 Å². The van der Waals surface area contributed by atoms with E-state index >= 15 is 0 Å². The van der Waals surface area contributed by atoms with Crippen LogP contribution >= 0.6 is 0 Å². The Labute approximate surface area is 142 Å². The van der Waals surface area contributed by atoms with Gasteiger partial charge < -0.3 is 18.9 Å². The van der Waals surface area contributed by atoms with Crippen LogP contribution in [0.15, 0.2) is 6.33 Å². The molecule has 0 aliphatic carbocycles. The van der Waals surface area contributed by atoms with E-state index < -0.39 is 42.4 Å². The van der Waals surface area contributed by atoms with Gasteiger partial charge in [-0.1, -0.05) is 0 Å². The third-order valence-corrected chi connectivity index (χ3v) is 3.21. The standard InChI is InChI=1S/C14H16N4O7/c1-7(19)22-5-10-12(23-8(2)20)13(24-9(3)21)14(25-10)18-6-16-11(4-15)17-18/h6,10,12-14H,5H2,1-3H3/t10-,12-,13-,14?/m1/s1. The molecule has 1 aromatic heterocycles. The van der Waals surface area contributed by atoms with E-state index in [0.29, 0.717) is 0 Å². The van der Waals surface area contributed by atoms with Crippen molar-refractivity contribution < 1.29 is 33.3 Å². The summed E-state index contributed by atoms with van der Waals surface area (Å²) in [4.78, 5) is 37.6. The summed E-state index contributed by atoms with van der Waals surface area (Å²) < 4.78 is 22.2. The highest BCUT2D eigenvalue weighted by atomic mass is 16.7. The Hall–Kier alpha value is -3.00. The molecule has 4 atom stereocenters. The Morgan fingerprint density at radius 3 is 2.36 bits per heavy atom. The van der Waals surface area contributed by atoms with Crippen LogP contribution in [0.3, 0.4) is 0 Å². The van der Waals surface area contributed by atoms with E-state index in [1.807, 2.05) is 0 Å². The molecule has 25 heavy (non-hydrogen) atoms. The van der Waals surface area contributed by atoms with Gasteiger partial charge in [0.05, 0.1) is 0 Å². The van der Waals surface area contributed by atoms with E-state index in [2.05, 4.69) is 10.1 Å². The van der Waals surface area contributed by atoms with Crippen molar-refractivity contribution in [1.82, 2.24) is 14.8 Å². The zero-order valence-corrected chi connectivity index (χ0v) is 13.7. The van der Waals surface area contributed by atoms with Crippen molar-refractivity contribution in [3.05, 3.63) is 12.2 Å². The highest BCUT2D eigenvalue weighted by molar-refractivity contribution is 5.67. The van der Waals surface area contributed by atoms with Crippen LogP contribution in [0.1, 0.15) is 32.8 Å². The quantitative estimate of drug-likeness (QED) is 0.501.